The summed E-state index contributed by atoms with van der Waals surface area (Å²) in [6.07, 6.45) is 1.19. The second kappa shape index (κ2) is 4.85. The lowest BCUT2D eigenvalue weighted by Gasteiger charge is -2.13. The van der Waals surface area contributed by atoms with Crippen molar-refractivity contribution in [1.82, 2.24) is 5.32 Å². The minimum atomic E-state index is -0.739. The third-order valence-corrected chi connectivity index (χ3v) is 3.03. The minimum absolute atomic E-state index is 0.0334. The lowest BCUT2D eigenvalue weighted by Crippen LogP contribution is -2.29. The lowest BCUT2D eigenvalue weighted by molar-refractivity contribution is -0.122. The van der Waals surface area contributed by atoms with Crippen LogP contribution in [0.2, 0.25) is 5.02 Å². The van der Waals surface area contributed by atoms with Gasteiger partial charge >= 0.3 is 0 Å². The van der Waals surface area contributed by atoms with Gasteiger partial charge in [-0.25, -0.2) is 0 Å². The van der Waals surface area contributed by atoms with E-state index in [4.69, 9.17) is 11.6 Å². The van der Waals surface area contributed by atoms with E-state index in [1.54, 1.807) is 18.2 Å². The molecule has 0 bridgehead atoms. The fraction of sp³-hybridized carbons (Fsp3) is 0.417. The fourth-order valence-corrected chi connectivity index (χ4v) is 1.80. The lowest BCUT2D eigenvalue weighted by atomic mass is 10.1. The number of carbonyl (C=O) groups excluding carboxylic acids is 1. The van der Waals surface area contributed by atoms with Gasteiger partial charge in [-0.15, -0.1) is 0 Å². The van der Waals surface area contributed by atoms with Crippen LogP contribution >= 0.6 is 11.6 Å². The number of hydrogen-bond acceptors (Lipinski definition) is 2. The highest BCUT2D eigenvalue weighted by Crippen LogP contribution is 2.29. The molecular formula is C12H14ClNO2. The minimum Gasteiger partial charge on any atom is -0.387 e. The van der Waals surface area contributed by atoms with Gasteiger partial charge in [0.05, 0.1) is 6.10 Å². The average Bonchev–Trinajstić information content (AvgIpc) is 3.10. The first kappa shape index (κ1) is 11.4. The Morgan fingerprint density at radius 3 is 2.81 bits per heavy atom. The Bertz CT molecular complexity index is 390. The summed E-state index contributed by atoms with van der Waals surface area (Å²) in [4.78, 5) is 11.4. The van der Waals surface area contributed by atoms with E-state index in [2.05, 4.69) is 5.32 Å². The van der Waals surface area contributed by atoms with Crippen LogP contribution in [-0.2, 0) is 4.79 Å². The molecular weight excluding hydrogens is 226 g/mol. The average molecular weight is 240 g/mol. The van der Waals surface area contributed by atoms with Crippen LogP contribution in [0.25, 0.3) is 0 Å². The van der Waals surface area contributed by atoms with Crippen molar-refractivity contribution in [3.8, 4) is 0 Å². The zero-order chi connectivity index (χ0) is 11.5. The summed E-state index contributed by atoms with van der Waals surface area (Å²) < 4.78 is 0. The van der Waals surface area contributed by atoms with Gasteiger partial charge in [0.25, 0.3) is 0 Å². The summed E-state index contributed by atoms with van der Waals surface area (Å²) in [5, 5.41) is 13.1. The highest BCUT2D eigenvalue weighted by atomic mass is 35.5. The first-order valence-electron chi connectivity index (χ1n) is 5.38. The van der Waals surface area contributed by atoms with E-state index >= 15 is 0 Å². The Kier molecular flexibility index (Phi) is 3.46. The van der Waals surface area contributed by atoms with Crippen molar-refractivity contribution in [2.45, 2.75) is 18.9 Å². The molecule has 0 aliphatic heterocycles. The topological polar surface area (TPSA) is 49.3 Å². The van der Waals surface area contributed by atoms with Crippen molar-refractivity contribution in [2.24, 2.45) is 5.92 Å². The maximum absolute atomic E-state index is 11.4. The van der Waals surface area contributed by atoms with Crippen molar-refractivity contribution < 1.29 is 9.90 Å². The number of aliphatic hydroxyl groups is 1. The molecule has 1 saturated carbocycles. The molecule has 1 unspecified atom stereocenters. The molecule has 3 nitrogen and oxygen atoms in total. The molecule has 2 N–H and O–H groups in total. The summed E-state index contributed by atoms with van der Waals surface area (Å²) in [7, 11) is 0. The SMILES string of the molecule is O=C(NCC(O)c1ccccc1Cl)C1CC1. The first-order valence-corrected chi connectivity index (χ1v) is 5.76. The Labute approximate surface area is 99.4 Å². The molecule has 4 heteroatoms. The van der Waals surface area contributed by atoms with Gasteiger partial charge < -0.3 is 10.4 Å². The molecule has 1 aromatic rings. The number of halogens is 1. The molecule has 0 saturated heterocycles. The van der Waals surface area contributed by atoms with Crippen LogP contribution in [-0.4, -0.2) is 17.6 Å². The van der Waals surface area contributed by atoms with E-state index in [1.807, 2.05) is 6.07 Å². The second-order valence-corrected chi connectivity index (χ2v) is 4.46. The highest BCUT2D eigenvalue weighted by Gasteiger charge is 2.29. The Morgan fingerprint density at radius 1 is 1.50 bits per heavy atom. The quantitative estimate of drug-likeness (QED) is 0.843. The standard InChI is InChI=1S/C12H14ClNO2/c13-10-4-2-1-3-9(10)11(15)7-14-12(16)8-5-6-8/h1-4,8,11,15H,5-7H2,(H,14,16). The van der Waals surface area contributed by atoms with Crippen molar-refractivity contribution in [1.29, 1.82) is 0 Å². The smallest absolute Gasteiger partial charge is 0.223 e. The number of rotatable bonds is 4. The zero-order valence-electron chi connectivity index (χ0n) is 8.82. The maximum Gasteiger partial charge on any atom is 0.223 e. The van der Waals surface area contributed by atoms with Crippen molar-refractivity contribution in [3.05, 3.63) is 34.9 Å². The zero-order valence-corrected chi connectivity index (χ0v) is 9.57. The van der Waals surface area contributed by atoms with Crippen molar-refractivity contribution in [2.75, 3.05) is 6.54 Å². The van der Waals surface area contributed by atoms with Gasteiger partial charge in [0.1, 0.15) is 0 Å². The van der Waals surface area contributed by atoms with Crippen LogP contribution < -0.4 is 5.32 Å². The van der Waals surface area contributed by atoms with Crippen LogP contribution in [0.15, 0.2) is 24.3 Å². The highest BCUT2D eigenvalue weighted by molar-refractivity contribution is 6.31. The van der Waals surface area contributed by atoms with E-state index in [0.717, 1.165) is 12.8 Å². The number of benzene rings is 1. The summed E-state index contributed by atoms with van der Waals surface area (Å²) in [5.74, 6) is 0.199. The predicted octanol–water partition coefficient (Wildman–Crippen LogP) is 1.90. The fourth-order valence-electron chi connectivity index (χ4n) is 1.54. The molecule has 16 heavy (non-hydrogen) atoms. The number of amides is 1. The number of nitrogens with one attached hydrogen (secondary N) is 1. The molecule has 1 aliphatic rings. The van der Waals surface area contributed by atoms with Gasteiger partial charge in [-0.2, -0.15) is 0 Å². The van der Waals surface area contributed by atoms with Crippen LogP contribution in [0.5, 0.6) is 0 Å². The second-order valence-electron chi connectivity index (χ2n) is 4.06. The van der Waals surface area contributed by atoms with Gasteiger partial charge in [-0.1, -0.05) is 29.8 Å². The van der Waals surface area contributed by atoms with E-state index in [9.17, 15) is 9.90 Å². The third kappa shape index (κ3) is 2.74. The van der Waals surface area contributed by atoms with E-state index in [1.165, 1.54) is 0 Å². The summed E-state index contributed by atoms with van der Waals surface area (Å²) in [6.45, 7) is 0.221. The van der Waals surface area contributed by atoms with Gasteiger partial charge in [-0.05, 0) is 18.9 Å². The predicted molar refractivity (Wildman–Crippen MR) is 62.1 cm³/mol. The van der Waals surface area contributed by atoms with Gasteiger partial charge in [0.15, 0.2) is 0 Å². The van der Waals surface area contributed by atoms with Crippen LogP contribution in [0.3, 0.4) is 0 Å². The molecule has 1 amide bonds. The summed E-state index contributed by atoms with van der Waals surface area (Å²) in [6, 6.07) is 7.10. The van der Waals surface area contributed by atoms with Gasteiger partial charge in [0.2, 0.25) is 5.91 Å². The van der Waals surface area contributed by atoms with Crippen LogP contribution in [0.4, 0.5) is 0 Å². The number of hydrogen-bond donors (Lipinski definition) is 2. The normalized spacial score (nSPS) is 16.9. The maximum atomic E-state index is 11.4. The monoisotopic (exact) mass is 239 g/mol. The molecule has 0 heterocycles. The molecule has 0 aromatic heterocycles. The van der Waals surface area contributed by atoms with E-state index in [-0.39, 0.29) is 18.4 Å². The Morgan fingerprint density at radius 2 is 2.19 bits per heavy atom. The van der Waals surface area contributed by atoms with Crippen LogP contribution in [0.1, 0.15) is 24.5 Å². The number of aliphatic hydroxyl groups excluding tert-OH is 1. The summed E-state index contributed by atoms with van der Waals surface area (Å²) >= 11 is 5.94. The molecule has 1 aliphatic carbocycles. The molecule has 1 aromatic carbocycles. The van der Waals surface area contributed by atoms with Crippen LogP contribution in [0, 0.1) is 5.92 Å². The largest absolute Gasteiger partial charge is 0.387 e. The first-order chi connectivity index (χ1) is 7.68. The van der Waals surface area contributed by atoms with E-state index in [0.29, 0.717) is 10.6 Å². The Hall–Kier alpha value is -1.06. The molecule has 1 atom stereocenters. The molecule has 0 radical (unpaired) electrons. The van der Waals surface area contributed by atoms with Crippen molar-refractivity contribution in [3.63, 3.8) is 0 Å². The van der Waals surface area contributed by atoms with Gasteiger partial charge in [0, 0.05) is 23.0 Å². The molecule has 2 rings (SSSR count). The van der Waals surface area contributed by atoms with E-state index < -0.39 is 6.10 Å². The Balaban J connectivity index is 1.89. The van der Waals surface area contributed by atoms with Crippen molar-refractivity contribution >= 4 is 17.5 Å². The molecule has 1 fully saturated rings. The van der Waals surface area contributed by atoms with Gasteiger partial charge in [-0.3, -0.25) is 4.79 Å². The molecule has 86 valence electrons. The summed E-state index contributed by atoms with van der Waals surface area (Å²) in [5.41, 5.74) is 0.653. The molecule has 0 spiro atoms. The third-order valence-electron chi connectivity index (χ3n) is 2.68. The number of carbonyl (C=O) groups is 1.